The normalized spacial score (nSPS) is 18.6. The van der Waals surface area contributed by atoms with Crippen molar-refractivity contribution in [1.29, 1.82) is 0 Å². The minimum atomic E-state index is -0.169. The summed E-state index contributed by atoms with van der Waals surface area (Å²) in [5.41, 5.74) is 4.77. The maximum absolute atomic E-state index is 13.2. The first-order valence-electron chi connectivity index (χ1n) is 11.0. The molecule has 2 heterocycles. The molecule has 0 aliphatic carbocycles. The van der Waals surface area contributed by atoms with Gasteiger partial charge in [-0.3, -0.25) is 14.6 Å². The Bertz CT molecular complexity index is 1160. The molecule has 1 fully saturated rings. The van der Waals surface area contributed by atoms with E-state index in [9.17, 15) is 9.59 Å². The van der Waals surface area contributed by atoms with E-state index in [1.54, 1.807) is 17.0 Å². The van der Waals surface area contributed by atoms with E-state index in [1.165, 1.54) is 0 Å². The number of carbonyl (C=O) groups is 2. The predicted octanol–water partition coefficient (Wildman–Crippen LogP) is 4.28. The van der Waals surface area contributed by atoms with Gasteiger partial charge in [0.1, 0.15) is 0 Å². The van der Waals surface area contributed by atoms with Gasteiger partial charge in [-0.2, -0.15) is 0 Å². The van der Waals surface area contributed by atoms with Crippen molar-refractivity contribution < 1.29 is 14.3 Å². The van der Waals surface area contributed by atoms with Gasteiger partial charge in [-0.05, 0) is 57.0 Å². The molecule has 2 atom stereocenters. The minimum absolute atomic E-state index is 0.0178. The summed E-state index contributed by atoms with van der Waals surface area (Å²) in [5, 5.41) is 4.01. The van der Waals surface area contributed by atoms with Crippen molar-refractivity contribution in [2.24, 2.45) is 0 Å². The van der Waals surface area contributed by atoms with Gasteiger partial charge in [0.25, 0.3) is 5.91 Å². The zero-order valence-corrected chi connectivity index (χ0v) is 19.0. The molecule has 2 amide bonds. The first-order chi connectivity index (χ1) is 15.3. The quantitative estimate of drug-likeness (QED) is 0.669. The molecule has 2 aromatic carbocycles. The van der Waals surface area contributed by atoms with Crippen LogP contribution in [-0.2, 0) is 16.0 Å². The van der Waals surface area contributed by atoms with Crippen molar-refractivity contribution in [3.63, 3.8) is 0 Å². The van der Waals surface area contributed by atoms with Crippen molar-refractivity contribution in [3.8, 4) is 0 Å². The number of aromatic nitrogens is 1. The standard InChI is InChI=1S/C26H29N3O3/c1-16-14-29(15-17(2)32-16)26(31)21-10-6-8-12-24(21)28-25(30)13-22-18(3)20-9-5-7-11-23(20)27-19(22)4/h5-12,16-17H,13-15H2,1-4H3,(H,28,30)/t16-,17-/m1/s1. The number of carbonyl (C=O) groups excluding carboxylic acids is 2. The van der Waals surface area contributed by atoms with E-state index in [2.05, 4.69) is 10.3 Å². The number of nitrogens with one attached hydrogen (secondary N) is 1. The molecule has 0 bridgehead atoms. The lowest BCUT2D eigenvalue weighted by atomic mass is 9.99. The molecule has 0 saturated carbocycles. The first kappa shape index (κ1) is 22.0. The molecule has 1 saturated heterocycles. The second kappa shape index (κ2) is 9.09. The summed E-state index contributed by atoms with van der Waals surface area (Å²) >= 11 is 0. The molecule has 166 valence electrons. The van der Waals surface area contributed by atoms with E-state index in [1.807, 2.05) is 64.1 Å². The monoisotopic (exact) mass is 431 g/mol. The van der Waals surface area contributed by atoms with Crippen LogP contribution in [0.2, 0.25) is 0 Å². The van der Waals surface area contributed by atoms with Gasteiger partial charge < -0.3 is 15.0 Å². The summed E-state index contributed by atoms with van der Waals surface area (Å²) in [6, 6.07) is 15.1. The van der Waals surface area contributed by atoms with E-state index in [-0.39, 0.29) is 30.4 Å². The third-order valence-electron chi connectivity index (χ3n) is 5.96. The van der Waals surface area contributed by atoms with Gasteiger partial charge in [0.2, 0.25) is 5.91 Å². The molecule has 0 spiro atoms. The Kier molecular flexibility index (Phi) is 6.24. The molecular weight excluding hydrogens is 402 g/mol. The Morgan fingerprint density at radius 3 is 2.44 bits per heavy atom. The van der Waals surface area contributed by atoms with E-state index in [0.717, 1.165) is 27.7 Å². The van der Waals surface area contributed by atoms with Crippen molar-refractivity contribution in [2.45, 2.75) is 46.3 Å². The molecule has 1 aromatic heterocycles. The number of benzene rings is 2. The molecule has 0 radical (unpaired) electrons. The van der Waals surface area contributed by atoms with Gasteiger partial charge in [0.15, 0.2) is 0 Å². The summed E-state index contributed by atoms with van der Waals surface area (Å²) in [6.07, 6.45) is 0.163. The van der Waals surface area contributed by atoms with Crippen molar-refractivity contribution in [1.82, 2.24) is 9.88 Å². The summed E-state index contributed by atoms with van der Waals surface area (Å²) in [5.74, 6) is -0.264. The van der Waals surface area contributed by atoms with Crippen molar-refractivity contribution in [3.05, 3.63) is 70.9 Å². The number of para-hydroxylation sites is 2. The number of morpholine rings is 1. The highest BCUT2D eigenvalue weighted by molar-refractivity contribution is 6.04. The Balaban J connectivity index is 1.55. The average Bonchev–Trinajstić information content (AvgIpc) is 2.76. The minimum Gasteiger partial charge on any atom is -0.372 e. The molecule has 1 N–H and O–H groups in total. The van der Waals surface area contributed by atoms with E-state index in [4.69, 9.17) is 4.74 Å². The molecule has 32 heavy (non-hydrogen) atoms. The first-order valence-corrected chi connectivity index (χ1v) is 11.0. The van der Waals surface area contributed by atoms with Crippen LogP contribution in [0, 0.1) is 13.8 Å². The number of ether oxygens (including phenoxy) is 1. The fraction of sp³-hybridized carbons (Fsp3) is 0.346. The van der Waals surface area contributed by atoms with Crippen LogP contribution < -0.4 is 5.32 Å². The summed E-state index contributed by atoms with van der Waals surface area (Å²) < 4.78 is 5.75. The van der Waals surface area contributed by atoms with Crippen molar-refractivity contribution >= 4 is 28.4 Å². The Morgan fingerprint density at radius 2 is 1.69 bits per heavy atom. The summed E-state index contributed by atoms with van der Waals surface area (Å²) in [6.45, 7) is 8.95. The zero-order chi connectivity index (χ0) is 22.8. The molecule has 6 heteroatoms. The Labute approximate surface area is 188 Å². The predicted molar refractivity (Wildman–Crippen MR) is 126 cm³/mol. The second-order valence-corrected chi connectivity index (χ2v) is 8.56. The van der Waals surface area contributed by atoms with Gasteiger partial charge in [-0.15, -0.1) is 0 Å². The number of fused-ring (bicyclic) bond motifs is 1. The highest BCUT2D eigenvalue weighted by Gasteiger charge is 2.28. The van der Waals surface area contributed by atoms with E-state index >= 15 is 0 Å². The number of rotatable bonds is 4. The van der Waals surface area contributed by atoms with Gasteiger partial charge in [-0.1, -0.05) is 30.3 Å². The lowest BCUT2D eigenvalue weighted by Gasteiger charge is -2.35. The number of hydrogen-bond acceptors (Lipinski definition) is 4. The van der Waals surface area contributed by atoms with Crippen LogP contribution in [-0.4, -0.2) is 47.0 Å². The molecule has 3 aromatic rings. The maximum atomic E-state index is 13.2. The van der Waals surface area contributed by atoms with Gasteiger partial charge >= 0.3 is 0 Å². The highest BCUT2D eigenvalue weighted by atomic mass is 16.5. The average molecular weight is 432 g/mol. The maximum Gasteiger partial charge on any atom is 0.256 e. The lowest BCUT2D eigenvalue weighted by Crippen LogP contribution is -2.48. The topological polar surface area (TPSA) is 71.5 Å². The summed E-state index contributed by atoms with van der Waals surface area (Å²) in [7, 11) is 0. The second-order valence-electron chi connectivity index (χ2n) is 8.56. The summed E-state index contributed by atoms with van der Waals surface area (Å²) in [4.78, 5) is 32.7. The zero-order valence-electron chi connectivity index (χ0n) is 19.0. The molecular formula is C26H29N3O3. The fourth-order valence-corrected chi connectivity index (χ4v) is 4.48. The molecule has 1 aliphatic rings. The number of hydrogen-bond donors (Lipinski definition) is 1. The molecule has 0 unspecified atom stereocenters. The SMILES string of the molecule is Cc1nc2ccccc2c(C)c1CC(=O)Nc1ccccc1C(=O)N1C[C@@H](C)O[C@H](C)C1. The Hall–Kier alpha value is -3.25. The number of pyridine rings is 1. The largest absolute Gasteiger partial charge is 0.372 e. The van der Waals surface area contributed by atoms with Crippen LogP contribution in [0.4, 0.5) is 5.69 Å². The van der Waals surface area contributed by atoms with Crippen LogP contribution in [0.1, 0.15) is 41.0 Å². The van der Waals surface area contributed by atoms with Crippen molar-refractivity contribution in [2.75, 3.05) is 18.4 Å². The van der Waals surface area contributed by atoms with Gasteiger partial charge in [0, 0.05) is 24.2 Å². The van der Waals surface area contributed by atoms with E-state index < -0.39 is 0 Å². The van der Waals surface area contributed by atoms with E-state index in [0.29, 0.717) is 24.3 Å². The number of amides is 2. The lowest BCUT2D eigenvalue weighted by molar-refractivity contribution is -0.115. The third kappa shape index (κ3) is 4.50. The smallest absolute Gasteiger partial charge is 0.256 e. The number of anilines is 1. The van der Waals surface area contributed by atoms with Crippen LogP contribution in [0.25, 0.3) is 10.9 Å². The van der Waals surface area contributed by atoms with Crippen LogP contribution >= 0.6 is 0 Å². The van der Waals surface area contributed by atoms with Crippen LogP contribution in [0.5, 0.6) is 0 Å². The van der Waals surface area contributed by atoms with Crippen LogP contribution in [0.15, 0.2) is 48.5 Å². The number of nitrogens with zero attached hydrogens (tertiary/aromatic N) is 2. The van der Waals surface area contributed by atoms with Gasteiger partial charge in [0.05, 0.1) is 35.4 Å². The van der Waals surface area contributed by atoms with Crippen LogP contribution in [0.3, 0.4) is 0 Å². The molecule has 4 rings (SSSR count). The molecule has 6 nitrogen and oxygen atoms in total. The Morgan fingerprint density at radius 1 is 1.03 bits per heavy atom. The number of aryl methyl sites for hydroxylation is 2. The fourth-order valence-electron chi connectivity index (χ4n) is 4.48. The molecule has 1 aliphatic heterocycles. The highest BCUT2D eigenvalue weighted by Crippen LogP contribution is 2.24. The van der Waals surface area contributed by atoms with Gasteiger partial charge in [-0.25, -0.2) is 0 Å². The third-order valence-corrected chi connectivity index (χ3v) is 5.96.